The van der Waals surface area contributed by atoms with Gasteiger partial charge in [-0.25, -0.2) is 0 Å². The lowest BCUT2D eigenvalue weighted by Crippen LogP contribution is -2.49. The SMILES string of the molecule is CCOC(CC)(CC)C(N)CCC(C)C. The molecular weight excluding hydrogens is 186 g/mol. The van der Waals surface area contributed by atoms with Crippen molar-refractivity contribution >= 4 is 0 Å². The summed E-state index contributed by atoms with van der Waals surface area (Å²) in [4.78, 5) is 0. The van der Waals surface area contributed by atoms with Crippen molar-refractivity contribution in [1.29, 1.82) is 0 Å². The Morgan fingerprint density at radius 2 is 1.60 bits per heavy atom. The van der Waals surface area contributed by atoms with Crippen molar-refractivity contribution in [3.05, 3.63) is 0 Å². The fourth-order valence-electron chi connectivity index (χ4n) is 2.15. The lowest BCUT2D eigenvalue weighted by atomic mass is 9.85. The van der Waals surface area contributed by atoms with Crippen LogP contribution in [0, 0.1) is 5.92 Å². The highest BCUT2D eigenvalue weighted by molar-refractivity contribution is 4.89. The normalized spacial score (nSPS) is 14.6. The molecule has 0 saturated heterocycles. The highest BCUT2D eigenvalue weighted by Crippen LogP contribution is 2.27. The Hall–Kier alpha value is -0.0800. The minimum Gasteiger partial charge on any atom is -0.374 e. The van der Waals surface area contributed by atoms with Crippen LogP contribution < -0.4 is 5.73 Å². The average molecular weight is 215 g/mol. The van der Waals surface area contributed by atoms with Crippen LogP contribution in [0.25, 0.3) is 0 Å². The molecule has 0 fully saturated rings. The Balaban J connectivity index is 4.32. The summed E-state index contributed by atoms with van der Waals surface area (Å²) >= 11 is 0. The van der Waals surface area contributed by atoms with E-state index in [2.05, 4.69) is 34.6 Å². The van der Waals surface area contributed by atoms with E-state index in [9.17, 15) is 0 Å². The van der Waals surface area contributed by atoms with Gasteiger partial charge in [0.25, 0.3) is 0 Å². The van der Waals surface area contributed by atoms with Gasteiger partial charge < -0.3 is 10.5 Å². The molecule has 15 heavy (non-hydrogen) atoms. The maximum Gasteiger partial charge on any atom is 0.0827 e. The third kappa shape index (κ3) is 4.52. The van der Waals surface area contributed by atoms with Crippen molar-refractivity contribution in [1.82, 2.24) is 0 Å². The quantitative estimate of drug-likeness (QED) is 0.674. The molecule has 0 bridgehead atoms. The van der Waals surface area contributed by atoms with Crippen molar-refractivity contribution in [2.24, 2.45) is 11.7 Å². The molecule has 92 valence electrons. The summed E-state index contributed by atoms with van der Waals surface area (Å²) in [5.74, 6) is 0.726. The molecule has 1 atom stereocenters. The summed E-state index contributed by atoms with van der Waals surface area (Å²) in [5, 5.41) is 0. The van der Waals surface area contributed by atoms with Gasteiger partial charge in [0.05, 0.1) is 5.60 Å². The van der Waals surface area contributed by atoms with Crippen LogP contribution in [0.1, 0.15) is 60.3 Å². The van der Waals surface area contributed by atoms with Crippen LogP contribution in [0.15, 0.2) is 0 Å². The van der Waals surface area contributed by atoms with E-state index >= 15 is 0 Å². The molecule has 0 spiro atoms. The predicted octanol–water partition coefficient (Wildman–Crippen LogP) is 3.35. The Labute approximate surface area is 95.6 Å². The molecule has 0 rings (SSSR count). The van der Waals surface area contributed by atoms with E-state index in [4.69, 9.17) is 10.5 Å². The van der Waals surface area contributed by atoms with E-state index in [-0.39, 0.29) is 11.6 Å². The maximum atomic E-state index is 6.28. The van der Waals surface area contributed by atoms with Crippen LogP contribution in [0.5, 0.6) is 0 Å². The fourth-order valence-corrected chi connectivity index (χ4v) is 2.15. The Morgan fingerprint density at radius 1 is 1.07 bits per heavy atom. The predicted molar refractivity (Wildman–Crippen MR) is 67.0 cm³/mol. The summed E-state index contributed by atoms with van der Waals surface area (Å²) in [6.07, 6.45) is 4.28. The van der Waals surface area contributed by atoms with Crippen molar-refractivity contribution in [2.45, 2.75) is 71.9 Å². The van der Waals surface area contributed by atoms with Gasteiger partial charge in [-0.15, -0.1) is 0 Å². The molecule has 0 aromatic rings. The number of ether oxygens (including phenoxy) is 1. The van der Waals surface area contributed by atoms with Gasteiger partial charge in [0.15, 0.2) is 0 Å². The Bertz CT molecular complexity index is 153. The van der Waals surface area contributed by atoms with Crippen LogP contribution in [0.3, 0.4) is 0 Å². The number of nitrogens with two attached hydrogens (primary N) is 1. The van der Waals surface area contributed by atoms with Crippen LogP contribution in [-0.4, -0.2) is 18.2 Å². The third-order valence-electron chi connectivity index (χ3n) is 3.36. The molecule has 0 aromatic carbocycles. The minimum atomic E-state index is -0.0936. The number of hydrogen-bond donors (Lipinski definition) is 1. The van der Waals surface area contributed by atoms with Crippen LogP contribution in [-0.2, 0) is 4.74 Å². The largest absolute Gasteiger partial charge is 0.374 e. The zero-order valence-corrected chi connectivity index (χ0v) is 11.2. The van der Waals surface area contributed by atoms with Gasteiger partial charge >= 0.3 is 0 Å². The first kappa shape index (κ1) is 14.9. The first-order chi connectivity index (χ1) is 7.02. The zero-order chi connectivity index (χ0) is 11.9. The smallest absolute Gasteiger partial charge is 0.0827 e. The molecule has 0 aromatic heterocycles. The van der Waals surface area contributed by atoms with E-state index in [1.807, 2.05) is 0 Å². The summed E-state index contributed by atoms with van der Waals surface area (Å²) in [6, 6.07) is 0.176. The maximum absolute atomic E-state index is 6.28. The van der Waals surface area contributed by atoms with Crippen LogP contribution in [0.4, 0.5) is 0 Å². The van der Waals surface area contributed by atoms with E-state index in [1.54, 1.807) is 0 Å². The standard InChI is InChI=1S/C13H29NO/c1-6-13(7-2,15-8-3)12(14)10-9-11(4)5/h11-12H,6-10,14H2,1-5H3. The molecule has 0 radical (unpaired) electrons. The monoisotopic (exact) mass is 215 g/mol. The van der Waals surface area contributed by atoms with Crippen molar-refractivity contribution < 1.29 is 4.74 Å². The molecular formula is C13H29NO. The molecule has 0 saturated carbocycles. The number of hydrogen-bond acceptors (Lipinski definition) is 2. The van der Waals surface area contributed by atoms with Crippen LogP contribution in [0.2, 0.25) is 0 Å². The molecule has 2 nitrogen and oxygen atoms in total. The molecule has 0 heterocycles. The highest BCUT2D eigenvalue weighted by atomic mass is 16.5. The fraction of sp³-hybridized carbons (Fsp3) is 1.00. The molecule has 0 aliphatic heterocycles. The van der Waals surface area contributed by atoms with Gasteiger partial charge in [-0.2, -0.15) is 0 Å². The zero-order valence-electron chi connectivity index (χ0n) is 11.2. The molecule has 0 aliphatic rings. The second-order valence-corrected chi connectivity index (χ2v) is 4.78. The van der Waals surface area contributed by atoms with E-state index in [0.717, 1.165) is 31.8 Å². The van der Waals surface area contributed by atoms with Gasteiger partial charge in [0.2, 0.25) is 0 Å². The van der Waals surface area contributed by atoms with Gasteiger partial charge in [-0.3, -0.25) is 0 Å². The Morgan fingerprint density at radius 3 is 1.93 bits per heavy atom. The molecule has 2 N–H and O–H groups in total. The van der Waals surface area contributed by atoms with Gasteiger partial charge in [-0.05, 0) is 38.5 Å². The summed E-state index contributed by atoms with van der Waals surface area (Å²) in [6.45, 7) is 11.6. The second kappa shape index (κ2) is 7.24. The van der Waals surface area contributed by atoms with Crippen molar-refractivity contribution in [3.8, 4) is 0 Å². The molecule has 2 heteroatoms. The molecule has 0 aliphatic carbocycles. The lowest BCUT2D eigenvalue weighted by molar-refractivity contribution is -0.0658. The van der Waals surface area contributed by atoms with E-state index in [1.165, 1.54) is 6.42 Å². The van der Waals surface area contributed by atoms with Crippen LogP contribution >= 0.6 is 0 Å². The first-order valence-corrected chi connectivity index (χ1v) is 6.41. The van der Waals surface area contributed by atoms with E-state index in [0.29, 0.717) is 0 Å². The van der Waals surface area contributed by atoms with E-state index < -0.39 is 0 Å². The highest BCUT2D eigenvalue weighted by Gasteiger charge is 2.33. The first-order valence-electron chi connectivity index (χ1n) is 6.41. The summed E-state index contributed by atoms with van der Waals surface area (Å²) < 4.78 is 5.90. The summed E-state index contributed by atoms with van der Waals surface area (Å²) in [5.41, 5.74) is 6.19. The molecule has 0 amide bonds. The number of rotatable bonds is 8. The topological polar surface area (TPSA) is 35.2 Å². The van der Waals surface area contributed by atoms with Gasteiger partial charge in [-0.1, -0.05) is 27.7 Å². The minimum absolute atomic E-state index is 0.0936. The lowest BCUT2D eigenvalue weighted by Gasteiger charge is -2.37. The second-order valence-electron chi connectivity index (χ2n) is 4.78. The molecule has 1 unspecified atom stereocenters. The Kier molecular flexibility index (Phi) is 7.20. The third-order valence-corrected chi connectivity index (χ3v) is 3.36. The van der Waals surface area contributed by atoms with Gasteiger partial charge in [0.1, 0.15) is 0 Å². The van der Waals surface area contributed by atoms with Crippen molar-refractivity contribution in [2.75, 3.05) is 6.61 Å². The van der Waals surface area contributed by atoms with Crippen molar-refractivity contribution in [3.63, 3.8) is 0 Å². The average Bonchev–Trinajstić information content (AvgIpc) is 2.22. The van der Waals surface area contributed by atoms with Gasteiger partial charge in [0, 0.05) is 12.6 Å². The summed E-state index contributed by atoms with van der Waals surface area (Å²) in [7, 11) is 0.